The van der Waals surface area contributed by atoms with Crippen molar-refractivity contribution in [2.24, 2.45) is 0 Å². The normalized spacial score (nSPS) is 10.6. The Morgan fingerprint density at radius 1 is 1.44 bits per heavy atom. The first-order valence-electron chi connectivity index (χ1n) is 4.59. The molecular formula is C9H13ClN4O2. The molecule has 0 aromatic carbocycles. The van der Waals surface area contributed by atoms with E-state index in [2.05, 4.69) is 10.4 Å². The number of aromatic nitrogens is 1. The Bertz CT molecular complexity index is 434. The lowest BCUT2D eigenvalue weighted by Gasteiger charge is -2.16. The van der Waals surface area contributed by atoms with Crippen LogP contribution < -0.4 is 5.43 Å². The molecule has 0 radical (unpaired) electrons. The zero-order valence-electron chi connectivity index (χ0n) is 9.54. The van der Waals surface area contributed by atoms with Gasteiger partial charge in [-0.05, 0) is 13.8 Å². The summed E-state index contributed by atoms with van der Waals surface area (Å²) < 4.78 is 0. The van der Waals surface area contributed by atoms with Gasteiger partial charge in [-0.3, -0.25) is 10.1 Å². The smallest absolute Gasteiger partial charge is 0.313 e. The molecule has 0 amide bonds. The Kier molecular flexibility index (Phi) is 3.66. The zero-order chi connectivity index (χ0) is 12.5. The third kappa shape index (κ3) is 2.40. The first-order valence-corrected chi connectivity index (χ1v) is 4.97. The maximum absolute atomic E-state index is 10.9. The molecule has 0 aliphatic carbocycles. The van der Waals surface area contributed by atoms with Gasteiger partial charge in [-0.1, -0.05) is 11.6 Å². The standard InChI is InChI=1S/C9H13ClN4O2/c1-5-6(2)11-9(10)8(14(15)16)7(5)12-13(3)4/h1-4H3,(H,11,12). The fourth-order valence-electron chi connectivity index (χ4n) is 1.27. The Balaban J connectivity index is 3.45. The number of anilines is 1. The van der Waals surface area contributed by atoms with Gasteiger partial charge in [0, 0.05) is 25.4 Å². The van der Waals surface area contributed by atoms with Crippen LogP contribution in [0.15, 0.2) is 0 Å². The highest BCUT2D eigenvalue weighted by molar-refractivity contribution is 6.32. The number of nitro groups is 1. The van der Waals surface area contributed by atoms with E-state index in [0.717, 1.165) is 0 Å². The zero-order valence-corrected chi connectivity index (χ0v) is 10.3. The third-order valence-corrected chi connectivity index (χ3v) is 2.40. The van der Waals surface area contributed by atoms with E-state index < -0.39 is 4.92 Å². The summed E-state index contributed by atoms with van der Waals surface area (Å²) in [6.45, 7) is 3.52. The molecule has 0 spiro atoms. The topological polar surface area (TPSA) is 71.3 Å². The van der Waals surface area contributed by atoms with E-state index in [-0.39, 0.29) is 10.8 Å². The molecule has 0 aliphatic rings. The van der Waals surface area contributed by atoms with E-state index in [4.69, 9.17) is 11.6 Å². The molecule has 88 valence electrons. The van der Waals surface area contributed by atoms with Crippen LogP contribution in [0.3, 0.4) is 0 Å². The number of halogens is 1. The number of hydrogen-bond donors (Lipinski definition) is 1. The van der Waals surface area contributed by atoms with Crippen molar-refractivity contribution in [3.05, 3.63) is 26.5 Å². The number of hydrazine groups is 1. The molecule has 0 aliphatic heterocycles. The van der Waals surface area contributed by atoms with Crippen LogP contribution >= 0.6 is 11.6 Å². The van der Waals surface area contributed by atoms with Crippen LogP contribution in [0.25, 0.3) is 0 Å². The molecule has 0 bridgehead atoms. The molecule has 0 saturated carbocycles. The molecule has 0 unspecified atom stereocenters. The largest absolute Gasteiger partial charge is 0.330 e. The lowest BCUT2D eigenvalue weighted by molar-refractivity contribution is -0.384. The molecule has 0 atom stereocenters. The molecule has 1 aromatic rings. The van der Waals surface area contributed by atoms with Crippen molar-refractivity contribution in [1.82, 2.24) is 9.99 Å². The maximum Gasteiger partial charge on any atom is 0.330 e. The van der Waals surface area contributed by atoms with Crippen molar-refractivity contribution in [2.75, 3.05) is 19.5 Å². The molecule has 1 heterocycles. The second kappa shape index (κ2) is 4.63. The van der Waals surface area contributed by atoms with Gasteiger partial charge in [0.15, 0.2) is 0 Å². The van der Waals surface area contributed by atoms with Crippen LogP contribution in [0.2, 0.25) is 5.15 Å². The van der Waals surface area contributed by atoms with Gasteiger partial charge in [-0.25, -0.2) is 9.99 Å². The van der Waals surface area contributed by atoms with Crippen LogP contribution in [0.4, 0.5) is 11.4 Å². The molecule has 7 heteroatoms. The Morgan fingerprint density at radius 3 is 2.44 bits per heavy atom. The van der Waals surface area contributed by atoms with Crippen molar-refractivity contribution >= 4 is 23.0 Å². The number of hydrogen-bond acceptors (Lipinski definition) is 5. The highest BCUT2D eigenvalue weighted by Crippen LogP contribution is 2.35. The van der Waals surface area contributed by atoms with Crippen LogP contribution in [-0.2, 0) is 0 Å². The SMILES string of the molecule is Cc1nc(Cl)c([N+](=O)[O-])c(NN(C)C)c1C. The van der Waals surface area contributed by atoms with Crippen LogP contribution in [0.1, 0.15) is 11.3 Å². The van der Waals surface area contributed by atoms with E-state index in [9.17, 15) is 10.1 Å². The van der Waals surface area contributed by atoms with Gasteiger partial charge in [-0.15, -0.1) is 0 Å². The second-order valence-electron chi connectivity index (χ2n) is 3.60. The van der Waals surface area contributed by atoms with Gasteiger partial charge in [0.2, 0.25) is 5.15 Å². The van der Waals surface area contributed by atoms with Crippen molar-refractivity contribution in [1.29, 1.82) is 0 Å². The predicted molar refractivity (Wildman–Crippen MR) is 62.7 cm³/mol. The molecule has 0 fully saturated rings. The van der Waals surface area contributed by atoms with E-state index in [0.29, 0.717) is 16.9 Å². The molecule has 16 heavy (non-hydrogen) atoms. The Labute approximate surface area is 98.3 Å². The molecule has 1 aromatic heterocycles. The van der Waals surface area contributed by atoms with E-state index >= 15 is 0 Å². The first kappa shape index (κ1) is 12.7. The van der Waals surface area contributed by atoms with Gasteiger partial charge in [-0.2, -0.15) is 0 Å². The summed E-state index contributed by atoms with van der Waals surface area (Å²) in [5, 5.41) is 12.4. The fourth-order valence-corrected chi connectivity index (χ4v) is 1.56. The quantitative estimate of drug-likeness (QED) is 0.501. The second-order valence-corrected chi connectivity index (χ2v) is 3.96. The summed E-state index contributed by atoms with van der Waals surface area (Å²) in [6, 6.07) is 0. The van der Waals surface area contributed by atoms with E-state index in [1.165, 1.54) is 0 Å². The van der Waals surface area contributed by atoms with Crippen molar-refractivity contribution in [3.63, 3.8) is 0 Å². The van der Waals surface area contributed by atoms with E-state index in [1.807, 2.05) is 0 Å². The molecule has 0 saturated heterocycles. The Hall–Kier alpha value is -1.40. The average Bonchev–Trinajstić information content (AvgIpc) is 2.12. The van der Waals surface area contributed by atoms with Crippen molar-refractivity contribution < 1.29 is 4.92 Å². The first-order chi connectivity index (χ1) is 7.34. The summed E-state index contributed by atoms with van der Waals surface area (Å²) in [5.74, 6) is 0. The minimum Gasteiger partial charge on any atom is -0.313 e. The van der Waals surface area contributed by atoms with E-state index in [1.54, 1.807) is 33.0 Å². The van der Waals surface area contributed by atoms with Crippen LogP contribution in [0.5, 0.6) is 0 Å². The molecule has 1 N–H and O–H groups in total. The Morgan fingerprint density at radius 2 is 2.00 bits per heavy atom. The van der Waals surface area contributed by atoms with Crippen molar-refractivity contribution in [3.8, 4) is 0 Å². The lowest BCUT2D eigenvalue weighted by atomic mass is 10.2. The monoisotopic (exact) mass is 244 g/mol. The molecule has 1 rings (SSSR count). The lowest BCUT2D eigenvalue weighted by Crippen LogP contribution is -2.21. The van der Waals surface area contributed by atoms with Gasteiger partial charge in [0.1, 0.15) is 5.69 Å². The minimum atomic E-state index is -0.534. The van der Waals surface area contributed by atoms with Gasteiger partial charge in [0.25, 0.3) is 0 Å². The molecular weight excluding hydrogens is 232 g/mol. The number of nitrogens with zero attached hydrogens (tertiary/aromatic N) is 3. The number of aryl methyl sites for hydroxylation is 1. The summed E-state index contributed by atoms with van der Waals surface area (Å²) in [4.78, 5) is 14.3. The van der Waals surface area contributed by atoms with Crippen LogP contribution in [-0.4, -0.2) is 29.0 Å². The van der Waals surface area contributed by atoms with Crippen molar-refractivity contribution in [2.45, 2.75) is 13.8 Å². The maximum atomic E-state index is 10.9. The highest BCUT2D eigenvalue weighted by atomic mass is 35.5. The molecule has 6 nitrogen and oxygen atoms in total. The highest BCUT2D eigenvalue weighted by Gasteiger charge is 2.24. The van der Waals surface area contributed by atoms with Gasteiger partial charge >= 0.3 is 5.69 Å². The summed E-state index contributed by atoms with van der Waals surface area (Å²) in [5.41, 5.74) is 4.44. The fraction of sp³-hybridized carbons (Fsp3) is 0.444. The summed E-state index contributed by atoms with van der Waals surface area (Å²) in [6.07, 6.45) is 0. The summed E-state index contributed by atoms with van der Waals surface area (Å²) in [7, 11) is 3.49. The number of rotatable bonds is 3. The van der Waals surface area contributed by atoms with Crippen LogP contribution in [0, 0.1) is 24.0 Å². The predicted octanol–water partition coefficient (Wildman–Crippen LogP) is 2.15. The minimum absolute atomic E-state index is 0.0996. The number of pyridine rings is 1. The summed E-state index contributed by atoms with van der Waals surface area (Å²) >= 11 is 5.77. The average molecular weight is 245 g/mol. The number of nitrogens with one attached hydrogen (secondary N) is 1. The van der Waals surface area contributed by atoms with Gasteiger partial charge < -0.3 is 5.43 Å². The third-order valence-electron chi connectivity index (χ3n) is 2.13. The van der Waals surface area contributed by atoms with Gasteiger partial charge in [0.05, 0.1) is 4.92 Å².